The lowest BCUT2D eigenvalue weighted by Gasteiger charge is -2.21. The number of anilines is 1. The summed E-state index contributed by atoms with van der Waals surface area (Å²) in [5.74, 6) is 5.41. The first-order chi connectivity index (χ1) is 10.2. The number of ether oxygens (including phenoxy) is 1. The summed E-state index contributed by atoms with van der Waals surface area (Å²) in [6.07, 6.45) is 4.39. The largest absolute Gasteiger partial charge is 0.482 e. The van der Waals surface area contributed by atoms with Gasteiger partial charge in [-0.05, 0) is 66.5 Å². The maximum absolute atomic E-state index is 11.5. The van der Waals surface area contributed by atoms with E-state index in [0.717, 1.165) is 41.0 Å². The summed E-state index contributed by atoms with van der Waals surface area (Å²) in [4.78, 5) is 11.9. The number of benzene rings is 1. The Balaban J connectivity index is 1.41. The number of nitrogens with one attached hydrogen (secondary N) is 1. The zero-order valence-corrected chi connectivity index (χ0v) is 13.3. The first kappa shape index (κ1) is 12.5. The third kappa shape index (κ3) is 1.74. The molecule has 5 rings (SSSR count). The van der Waals surface area contributed by atoms with Crippen LogP contribution < -0.4 is 10.1 Å². The lowest BCUT2D eigenvalue weighted by Crippen LogP contribution is -2.25. The average Bonchev–Trinajstić information content (AvgIpc) is 2.92. The monoisotopic (exact) mass is 347 g/mol. The number of hydrogen-bond donors (Lipinski definition) is 1. The molecule has 3 aliphatic carbocycles. The van der Waals surface area contributed by atoms with E-state index in [4.69, 9.17) is 4.74 Å². The van der Waals surface area contributed by atoms with Gasteiger partial charge in [0.25, 0.3) is 5.91 Å². The maximum atomic E-state index is 11.5. The van der Waals surface area contributed by atoms with E-state index in [0.29, 0.717) is 4.83 Å². The van der Waals surface area contributed by atoms with Crippen molar-refractivity contribution in [3.8, 4) is 5.75 Å². The zero-order valence-electron chi connectivity index (χ0n) is 11.7. The fraction of sp³-hybridized carbons (Fsp3) is 0.588. The first-order valence-electron chi connectivity index (χ1n) is 7.93. The smallest absolute Gasteiger partial charge is 0.262 e. The van der Waals surface area contributed by atoms with Crippen LogP contribution in [0, 0.1) is 29.6 Å². The minimum absolute atomic E-state index is 0.0629. The molecule has 0 spiro atoms. The fourth-order valence-corrected chi connectivity index (χ4v) is 6.27. The third-order valence-corrected chi connectivity index (χ3v) is 7.23. The molecule has 4 aliphatic rings. The van der Waals surface area contributed by atoms with Gasteiger partial charge in [0.2, 0.25) is 0 Å². The number of rotatable bonds is 2. The summed E-state index contributed by atoms with van der Waals surface area (Å²) in [5, 5.41) is 2.91. The fourth-order valence-electron chi connectivity index (χ4n) is 5.28. The van der Waals surface area contributed by atoms with Crippen molar-refractivity contribution in [1.82, 2.24) is 0 Å². The molecule has 1 N–H and O–H groups in total. The summed E-state index contributed by atoms with van der Waals surface area (Å²) in [6, 6.07) is 6.22. The van der Waals surface area contributed by atoms with Crippen molar-refractivity contribution in [1.29, 1.82) is 0 Å². The number of carbonyl (C=O) groups is 1. The number of carbonyl (C=O) groups excluding carboxylic acids is 1. The van der Waals surface area contributed by atoms with E-state index in [1.165, 1.54) is 24.8 Å². The van der Waals surface area contributed by atoms with Crippen LogP contribution in [0.1, 0.15) is 29.7 Å². The number of hydrogen-bond acceptors (Lipinski definition) is 2. The third-order valence-electron chi connectivity index (χ3n) is 6.09. The molecule has 1 aromatic rings. The van der Waals surface area contributed by atoms with Gasteiger partial charge in [-0.2, -0.15) is 0 Å². The highest BCUT2D eigenvalue weighted by Gasteiger charge is 2.66. The Morgan fingerprint density at radius 2 is 2.00 bits per heavy atom. The van der Waals surface area contributed by atoms with Gasteiger partial charge >= 0.3 is 0 Å². The van der Waals surface area contributed by atoms with Crippen LogP contribution in [-0.4, -0.2) is 12.5 Å². The molecule has 21 heavy (non-hydrogen) atoms. The molecule has 1 aromatic carbocycles. The number of amides is 1. The van der Waals surface area contributed by atoms with Gasteiger partial charge < -0.3 is 10.1 Å². The molecule has 3 nitrogen and oxygen atoms in total. The minimum Gasteiger partial charge on any atom is -0.482 e. The van der Waals surface area contributed by atoms with Gasteiger partial charge in [0.15, 0.2) is 6.61 Å². The molecule has 3 saturated carbocycles. The topological polar surface area (TPSA) is 38.3 Å². The molecule has 3 fully saturated rings. The molecule has 5 unspecified atom stereocenters. The molecule has 5 atom stereocenters. The summed E-state index contributed by atoms with van der Waals surface area (Å²) < 4.78 is 5.44. The van der Waals surface area contributed by atoms with E-state index in [2.05, 4.69) is 33.4 Å². The lowest BCUT2D eigenvalue weighted by molar-refractivity contribution is -0.118. The molecule has 1 heterocycles. The normalized spacial score (nSPS) is 40.0. The Morgan fingerprint density at radius 3 is 2.76 bits per heavy atom. The highest BCUT2D eigenvalue weighted by Crippen LogP contribution is 2.73. The number of halogens is 1. The van der Waals surface area contributed by atoms with Crippen LogP contribution in [-0.2, 0) is 4.79 Å². The molecule has 1 amide bonds. The Bertz CT molecular complexity index is 615. The second-order valence-corrected chi connectivity index (χ2v) is 8.05. The molecule has 0 radical (unpaired) electrons. The van der Waals surface area contributed by atoms with Crippen LogP contribution >= 0.6 is 15.9 Å². The van der Waals surface area contributed by atoms with Gasteiger partial charge in [0.1, 0.15) is 5.75 Å². The molecule has 1 aliphatic heterocycles. The first-order valence-corrected chi connectivity index (χ1v) is 8.84. The molecule has 0 saturated heterocycles. The van der Waals surface area contributed by atoms with Gasteiger partial charge in [-0.1, -0.05) is 22.0 Å². The summed E-state index contributed by atoms with van der Waals surface area (Å²) in [5.41, 5.74) is 2.10. The van der Waals surface area contributed by atoms with E-state index in [1.807, 2.05) is 6.07 Å². The second-order valence-electron chi connectivity index (χ2n) is 7.06. The van der Waals surface area contributed by atoms with Crippen molar-refractivity contribution in [2.24, 2.45) is 29.6 Å². The predicted molar refractivity (Wildman–Crippen MR) is 83.5 cm³/mol. The minimum atomic E-state index is -0.0629. The van der Waals surface area contributed by atoms with Crippen LogP contribution in [0.4, 0.5) is 5.69 Å². The van der Waals surface area contributed by atoms with Crippen LogP contribution in [0.3, 0.4) is 0 Å². The Hall–Kier alpha value is -1.03. The Morgan fingerprint density at radius 1 is 1.24 bits per heavy atom. The van der Waals surface area contributed by atoms with Gasteiger partial charge in [-0.15, -0.1) is 0 Å². The highest BCUT2D eigenvalue weighted by molar-refractivity contribution is 9.09. The van der Waals surface area contributed by atoms with Crippen LogP contribution in [0.5, 0.6) is 5.75 Å². The molecule has 110 valence electrons. The van der Waals surface area contributed by atoms with Crippen molar-refractivity contribution >= 4 is 27.5 Å². The second kappa shape index (κ2) is 4.25. The molecule has 4 heteroatoms. The average molecular weight is 348 g/mol. The van der Waals surface area contributed by atoms with Gasteiger partial charge in [-0.25, -0.2) is 0 Å². The van der Waals surface area contributed by atoms with Crippen LogP contribution in [0.25, 0.3) is 0 Å². The summed E-state index contributed by atoms with van der Waals surface area (Å²) in [6.45, 7) is 0.125. The van der Waals surface area contributed by atoms with E-state index in [-0.39, 0.29) is 12.5 Å². The van der Waals surface area contributed by atoms with E-state index in [1.54, 1.807) is 0 Å². The molecule has 2 bridgehead atoms. The Kier molecular flexibility index (Phi) is 2.53. The van der Waals surface area contributed by atoms with E-state index in [9.17, 15) is 4.79 Å². The standard InChI is InChI=1S/C17H18BrNO2/c18-17(16-14-8-1-2-9(5-8)15(14)16)10-3-4-12-11(6-10)19-13(20)7-21-12/h3-4,6,8-9,14-17H,1-2,5,7H2,(H,19,20). The van der Waals surface area contributed by atoms with Crippen molar-refractivity contribution in [2.45, 2.75) is 24.1 Å². The van der Waals surface area contributed by atoms with Gasteiger partial charge in [-0.3, -0.25) is 4.79 Å². The van der Waals surface area contributed by atoms with E-state index >= 15 is 0 Å². The van der Waals surface area contributed by atoms with Crippen molar-refractivity contribution < 1.29 is 9.53 Å². The number of alkyl halides is 1. The maximum Gasteiger partial charge on any atom is 0.262 e. The number of fused-ring (bicyclic) bond motifs is 6. The van der Waals surface area contributed by atoms with Crippen LogP contribution in [0.2, 0.25) is 0 Å². The molecular formula is C17H18BrNO2. The molecular weight excluding hydrogens is 330 g/mol. The van der Waals surface area contributed by atoms with Crippen molar-refractivity contribution in [3.05, 3.63) is 23.8 Å². The summed E-state index contributed by atoms with van der Waals surface area (Å²) in [7, 11) is 0. The van der Waals surface area contributed by atoms with E-state index < -0.39 is 0 Å². The summed E-state index contributed by atoms with van der Waals surface area (Å²) >= 11 is 3.94. The zero-order chi connectivity index (χ0) is 14.1. The SMILES string of the molecule is O=C1COc2ccc(C(Br)C3C4C5CCC(C5)C43)cc2N1. The van der Waals surface area contributed by atoms with Crippen molar-refractivity contribution in [2.75, 3.05) is 11.9 Å². The van der Waals surface area contributed by atoms with Gasteiger partial charge in [0.05, 0.1) is 5.69 Å². The molecule has 0 aromatic heterocycles. The van der Waals surface area contributed by atoms with Crippen LogP contribution in [0.15, 0.2) is 18.2 Å². The van der Waals surface area contributed by atoms with Crippen molar-refractivity contribution in [3.63, 3.8) is 0 Å². The predicted octanol–water partition coefficient (Wildman–Crippen LogP) is 3.75. The van der Waals surface area contributed by atoms with Gasteiger partial charge in [0, 0.05) is 4.83 Å². The lowest BCUT2D eigenvalue weighted by atomic mass is 9.97. The Labute approximate surface area is 132 Å². The quantitative estimate of drug-likeness (QED) is 0.827. The highest BCUT2D eigenvalue weighted by atomic mass is 79.9.